The Bertz CT molecular complexity index is 331. The standard InChI is InChI=1S/C14H19BrO2/c15-12-6-4-11(5-7-12)14(16)9-8-13-3-1-2-10-17-13/h4-7,13-14,16H,1-3,8-10H2. The number of benzene rings is 1. The topological polar surface area (TPSA) is 29.5 Å². The first kappa shape index (κ1) is 13.1. The van der Waals surface area contributed by atoms with Crippen molar-refractivity contribution >= 4 is 15.9 Å². The summed E-state index contributed by atoms with van der Waals surface area (Å²) in [7, 11) is 0. The van der Waals surface area contributed by atoms with E-state index in [1.807, 2.05) is 24.3 Å². The van der Waals surface area contributed by atoms with Crippen LogP contribution in [0.1, 0.15) is 43.8 Å². The lowest BCUT2D eigenvalue weighted by Gasteiger charge is -2.23. The van der Waals surface area contributed by atoms with E-state index in [0.717, 1.165) is 35.9 Å². The fraction of sp³-hybridized carbons (Fsp3) is 0.571. The zero-order valence-corrected chi connectivity index (χ0v) is 11.5. The minimum Gasteiger partial charge on any atom is -0.388 e. The molecule has 3 heteroatoms. The fourth-order valence-corrected chi connectivity index (χ4v) is 2.49. The van der Waals surface area contributed by atoms with Crippen molar-refractivity contribution in [1.29, 1.82) is 0 Å². The van der Waals surface area contributed by atoms with Crippen molar-refractivity contribution in [2.45, 2.75) is 44.3 Å². The minimum atomic E-state index is -0.367. The van der Waals surface area contributed by atoms with Gasteiger partial charge < -0.3 is 9.84 Å². The first-order valence-corrected chi connectivity index (χ1v) is 7.10. The molecule has 1 N–H and O–H groups in total. The van der Waals surface area contributed by atoms with E-state index in [1.165, 1.54) is 12.8 Å². The van der Waals surface area contributed by atoms with Gasteiger partial charge in [-0.15, -0.1) is 0 Å². The van der Waals surface area contributed by atoms with Crippen LogP contribution in [0.15, 0.2) is 28.7 Å². The van der Waals surface area contributed by atoms with Crippen LogP contribution >= 0.6 is 15.9 Å². The summed E-state index contributed by atoms with van der Waals surface area (Å²) in [4.78, 5) is 0. The van der Waals surface area contributed by atoms with Crippen molar-refractivity contribution < 1.29 is 9.84 Å². The van der Waals surface area contributed by atoms with Crippen LogP contribution in [0.5, 0.6) is 0 Å². The van der Waals surface area contributed by atoms with Gasteiger partial charge in [0.15, 0.2) is 0 Å². The van der Waals surface area contributed by atoms with Crippen LogP contribution in [0.25, 0.3) is 0 Å². The van der Waals surface area contributed by atoms with Crippen molar-refractivity contribution in [2.75, 3.05) is 6.61 Å². The molecular weight excluding hydrogens is 280 g/mol. The zero-order chi connectivity index (χ0) is 12.1. The maximum absolute atomic E-state index is 10.1. The molecule has 0 aliphatic carbocycles. The Balaban J connectivity index is 1.80. The van der Waals surface area contributed by atoms with E-state index in [1.54, 1.807) is 0 Å². The third-order valence-electron chi connectivity index (χ3n) is 3.29. The highest BCUT2D eigenvalue weighted by atomic mass is 79.9. The minimum absolute atomic E-state index is 0.355. The third kappa shape index (κ3) is 4.09. The van der Waals surface area contributed by atoms with Crippen LogP contribution < -0.4 is 0 Å². The molecule has 2 rings (SSSR count). The molecule has 1 aromatic carbocycles. The smallest absolute Gasteiger partial charge is 0.0791 e. The van der Waals surface area contributed by atoms with Gasteiger partial charge in [-0.2, -0.15) is 0 Å². The summed E-state index contributed by atoms with van der Waals surface area (Å²) in [5, 5.41) is 10.1. The summed E-state index contributed by atoms with van der Waals surface area (Å²) in [6.07, 6.45) is 5.32. The van der Waals surface area contributed by atoms with Crippen molar-refractivity contribution in [3.8, 4) is 0 Å². The predicted octanol–water partition coefficient (Wildman–Crippen LogP) is 3.83. The van der Waals surface area contributed by atoms with Crippen LogP contribution in [-0.4, -0.2) is 17.8 Å². The molecule has 0 saturated carbocycles. The second-order valence-corrected chi connectivity index (χ2v) is 5.55. The molecule has 1 fully saturated rings. The molecule has 94 valence electrons. The number of aliphatic hydroxyl groups excluding tert-OH is 1. The Morgan fingerprint density at radius 1 is 1.29 bits per heavy atom. The second-order valence-electron chi connectivity index (χ2n) is 4.63. The van der Waals surface area contributed by atoms with Crippen LogP contribution in [0, 0.1) is 0 Å². The Morgan fingerprint density at radius 2 is 2.06 bits per heavy atom. The van der Waals surface area contributed by atoms with Crippen LogP contribution in [-0.2, 0) is 4.74 Å². The van der Waals surface area contributed by atoms with Gasteiger partial charge in [-0.1, -0.05) is 28.1 Å². The van der Waals surface area contributed by atoms with Crippen molar-refractivity contribution in [3.05, 3.63) is 34.3 Å². The van der Waals surface area contributed by atoms with Crippen LogP contribution in [0.2, 0.25) is 0 Å². The van der Waals surface area contributed by atoms with Gasteiger partial charge in [0.05, 0.1) is 12.2 Å². The maximum Gasteiger partial charge on any atom is 0.0791 e. The number of aliphatic hydroxyl groups is 1. The van der Waals surface area contributed by atoms with Crippen LogP contribution in [0.3, 0.4) is 0 Å². The SMILES string of the molecule is OC(CCC1CCCCO1)c1ccc(Br)cc1. The third-order valence-corrected chi connectivity index (χ3v) is 3.82. The molecule has 1 aromatic rings. The van der Waals surface area contributed by atoms with Gasteiger partial charge in [0.2, 0.25) is 0 Å². The number of ether oxygens (including phenoxy) is 1. The van der Waals surface area contributed by atoms with Gasteiger partial charge in [-0.3, -0.25) is 0 Å². The van der Waals surface area contributed by atoms with Crippen molar-refractivity contribution in [1.82, 2.24) is 0 Å². The molecule has 17 heavy (non-hydrogen) atoms. The number of hydrogen-bond donors (Lipinski definition) is 1. The molecule has 1 aliphatic rings. The lowest BCUT2D eigenvalue weighted by molar-refractivity contribution is 0.00213. The molecule has 0 aromatic heterocycles. The van der Waals surface area contributed by atoms with Gasteiger partial charge in [0.25, 0.3) is 0 Å². The number of hydrogen-bond acceptors (Lipinski definition) is 2. The average molecular weight is 299 g/mol. The average Bonchev–Trinajstić information content (AvgIpc) is 2.38. The quantitative estimate of drug-likeness (QED) is 0.915. The normalized spacial score (nSPS) is 22.4. The summed E-state index contributed by atoms with van der Waals surface area (Å²) >= 11 is 3.39. The van der Waals surface area contributed by atoms with E-state index in [0.29, 0.717) is 6.10 Å². The number of rotatable bonds is 4. The fourth-order valence-electron chi connectivity index (χ4n) is 2.23. The molecule has 0 radical (unpaired) electrons. The maximum atomic E-state index is 10.1. The molecule has 1 saturated heterocycles. The Morgan fingerprint density at radius 3 is 2.71 bits per heavy atom. The lowest BCUT2D eigenvalue weighted by atomic mass is 9.99. The zero-order valence-electron chi connectivity index (χ0n) is 9.94. The summed E-state index contributed by atoms with van der Waals surface area (Å²) < 4.78 is 6.71. The summed E-state index contributed by atoms with van der Waals surface area (Å²) in [5.41, 5.74) is 0.990. The molecule has 2 nitrogen and oxygen atoms in total. The molecule has 0 bridgehead atoms. The van der Waals surface area contributed by atoms with E-state index in [2.05, 4.69) is 15.9 Å². The van der Waals surface area contributed by atoms with E-state index in [4.69, 9.17) is 4.74 Å². The highest BCUT2D eigenvalue weighted by molar-refractivity contribution is 9.10. The molecule has 0 spiro atoms. The molecular formula is C14H19BrO2. The Labute approximate surface area is 111 Å². The van der Waals surface area contributed by atoms with Gasteiger partial charge in [-0.25, -0.2) is 0 Å². The molecule has 1 heterocycles. The summed E-state index contributed by atoms with van der Waals surface area (Å²) in [6, 6.07) is 7.87. The molecule has 2 unspecified atom stereocenters. The first-order valence-electron chi connectivity index (χ1n) is 6.31. The Kier molecular flexibility index (Phi) is 5.01. The van der Waals surface area contributed by atoms with Gasteiger partial charge in [0.1, 0.15) is 0 Å². The number of halogens is 1. The van der Waals surface area contributed by atoms with Crippen molar-refractivity contribution in [3.63, 3.8) is 0 Å². The van der Waals surface area contributed by atoms with Crippen LogP contribution in [0.4, 0.5) is 0 Å². The van der Waals surface area contributed by atoms with Gasteiger partial charge in [-0.05, 0) is 49.8 Å². The summed E-state index contributed by atoms with van der Waals surface area (Å²) in [5.74, 6) is 0. The highest BCUT2D eigenvalue weighted by Crippen LogP contribution is 2.24. The molecule has 1 aliphatic heterocycles. The van der Waals surface area contributed by atoms with E-state index >= 15 is 0 Å². The lowest BCUT2D eigenvalue weighted by Crippen LogP contribution is -2.19. The molecule has 0 amide bonds. The highest BCUT2D eigenvalue weighted by Gasteiger charge is 2.16. The van der Waals surface area contributed by atoms with E-state index in [9.17, 15) is 5.11 Å². The predicted molar refractivity (Wildman–Crippen MR) is 71.9 cm³/mol. The van der Waals surface area contributed by atoms with E-state index < -0.39 is 0 Å². The second kappa shape index (κ2) is 6.53. The largest absolute Gasteiger partial charge is 0.388 e. The van der Waals surface area contributed by atoms with Crippen molar-refractivity contribution in [2.24, 2.45) is 0 Å². The van der Waals surface area contributed by atoms with E-state index in [-0.39, 0.29) is 6.10 Å². The summed E-state index contributed by atoms with van der Waals surface area (Å²) in [6.45, 7) is 0.888. The first-order chi connectivity index (χ1) is 8.25. The monoisotopic (exact) mass is 298 g/mol. The van der Waals surface area contributed by atoms with Gasteiger partial charge >= 0.3 is 0 Å². The van der Waals surface area contributed by atoms with Gasteiger partial charge in [0, 0.05) is 11.1 Å². The Hall–Kier alpha value is -0.380. The molecule has 2 atom stereocenters.